The summed E-state index contributed by atoms with van der Waals surface area (Å²) in [5, 5.41) is 0. The molecule has 176 valence electrons. The van der Waals surface area contributed by atoms with Crippen LogP contribution in [-0.2, 0) is 0 Å². The summed E-state index contributed by atoms with van der Waals surface area (Å²) in [5.41, 5.74) is 2.66. The van der Waals surface area contributed by atoms with Gasteiger partial charge in [0.25, 0.3) is 5.91 Å². The first kappa shape index (κ1) is 22.5. The van der Waals surface area contributed by atoms with Crippen molar-refractivity contribution in [3.63, 3.8) is 0 Å². The minimum Gasteiger partial charge on any atom is -0.369 e. The molecule has 1 amide bonds. The first-order chi connectivity index (χ1) is 16.6. The summed E-state index contributed by atoms with van der Waals surface area (Å²) in [5.74, 6) is -0.446. The number of likely N-dealkylation sites (tertiary alicyclic amines) is 1. The maximum atomic E-state index is 14.0. The summed E-state index contributed by atoms with van der Waals surface area (Å²) < 4.78 is 27.4. The molecule has 0 saturated carbocycles. The summed E-state index contributed by atoms with van der Waals surface area (Å²) >= 11 is 0. The second kappa shape index (κ2) is 9.94. The van der Waals surface area contributed by atoms with E-state index in [1.54, 1.807) is 12.1 Å². The summed E-state index contributed by atoms with van der Waals surface area (Å²) in [6, 6.07) is 22.9. The number of piperazine rings is 1. The minimum absolute atomic E-state index is 0.0623. The van der Waals surface area contributed by atoms with Crippen molar-refractivity contribution < 1.29 is 13.6 Å². The Morgan fingerprint density at radius 3 is 2.24 bits per heavy atom. The maximum absolute atomic E-state index is 14.0. The molecule has 34 heavy (non-hydrogen) atoms. The largest absolute Gasteiger partial charge is 0.369 e. The van der Waals surface area contributed by atoms with Gasteiger partial charge in [-0.25, -0.2) is 8.78 Å². The molecule has 2 aliphatic heterocycles. The average molecular weight is 462 g/mol. The van der Waals surface area contributed by atoms with E-state index in [0.29, 0.717) is 18.7 Å². The van der Waals surface area contributed by atoms with Gasteiger partial charge in [-0.05, 0) is 60.0 Å². The van der Waals surface area contributed by atoms with Crippen molar-refractivity contribution in [3.8, 4) is 0 Å². The van der Waals surface area contributed by atoms with Gasteiger partial charge in [0.05, 0.1) is 0 Å². The smallest absolute Gasteiger partial charge is 0.253 e. The Kier molecular flexibility index (Phi) is 6.59. The lowest BCUT2D eigenvalue weighted by atomic mass is 9.88. The predicted molar refractivity (Wildman–Crippen MR) is 130 cm³/mol. The van der Waals surface area contributed by atoms with Crippen LogP contribution in [0.5, 0.6) is 0 Å². The van der Waals surface area contributed by atoms with Crippen LogP contribution in [0.2, 0.25) is 0 Å². The standard InChI is InChI=1S/C28H29F2N3O/c29-24-11-9-21(10-12-24)28(34)33-19-23(27(20-33)22-5-4-6-25(30)17-22)18-31-13-15-32(16-14-31)26-7-2-1-3-8-26/h1-12,17,23,27H,13-16,18-20H2. The summed E-state index contributed by atoms with van der Waals surface area (Å²) in [6.45, 7) is 5.82. The SMILES string of the molecule is O=C(c1ccc(F)cc1)N1CC(CN2CCN(c3ccccc3)CC2)C(c2cccc(F)c2)C1. The molecule has 0 spiro atoms. The van der Waals surface area contributed by atoms with Gasteiger partial charge in [0, 0.05) is 63.0 Å². The molecule has 0 N–H and O–H groups in total. The molecule has 6 heteroatoms. The van der Waals surface area contributed by atoms with Crippen LogP contribution in [0, 0.1) is 17.6 Å². The lowest BCUT2D eigenvalue weighted by molar-refractivity contribution is 0.0782. The van der Waals surface area contributed by atoms with E-state index in [-0.39, 0.29) is 29.4 Å². The molecule has 2 aliphatic rings. The van der Waals surface area contributed by atoms with Crippen LogP contribution in [0.3, 0.4) is 0 Å². The van der Waals surface area contributed by atoms with Crippen LogP contribution < -0.4 is 4.90 Å². The highest BCUT2D eigenvalue weighted by Crippen LogP contribution is 2.35. The Morgan fingerprint density at radius 1 is 0.794 bits per heavy atom. The second-order valence-electron chi connectivity index (χ2n) is 9.26. The van der Waals surface area contributed by atoms with Crippen molar-refractivity contribution in [1.29, 1.82) is 0 Å². The summed E-state index contributed by atoms with van der Waals surface area (Å²) in [4.78, 5) is 19.9. The highest BCUT2D eigenvalue weighted by atomic mass is 19.1. The highest BCUT2D eigenvalue weighted by molar-refractivity contribution is 5.94. The number of nitrogens with zero attached hydrogens (tertiary/aromatic N) is 3. The van der Waals surface area contributed by atoms with Crippen LogP contribution >= 0.6 is 0 Å². The third-order valence-electron chi connectivity index (χ3n) is 7.08. The van der Waals surface area contributed by atoms with Gasteiger partial charge in [0.2, 0.25) is 0 Å². The molecule has 0 bridgehead atoms. The third kappa shape index (κ3) is 4.97. The summed E-state index contributed by atoms with van der Waals surface area (Å²) in [7, 11) is 0. The molecule has 0 aromatic heterocycles. The lowest BCUT2D eigenvalue weighted by Gasteiger charge is -2.37. The number of carbonyl (C=O) groups is 1. The molecule has 2 heterocycles. The van der Waals surface area contributed by atoms with E-state index >= 15 is 0 Å². The number of hydrogen-bond donors (Lipinski definition) is 0. The van der Waals surface area contributed by atoms with Gasteiger partial charge < -0.3 is 9.80 Å². The molecule has 4 nitrogen and oxygen atoms in total. The zero-order chi connectivity index (χ0) is 23.5. The van der Waals surface area contributed by atoms with Crippen molar-refractivity contribution in [2.24, 2.45) is 5.92 Å². The van der Waals surface area contributed by atoms with E-state index in [0.717, 1.165) is 38.3 Å². The van der Waals surface area contributed by atoms with Gasteiger partial charge in [0.1, 0.15) is 11.6 Å². The van der Waals surface area contributed by atoms with Crippen LogP contribution in [0.25, 0.3) is 0 Å². The van der Waals surface area contributed by atoms with Gasteiger partial charge in [-0.3, -0.25) is 9.69 Å². The number of benzene rings is 3. The molecule has 0 radical (unpaired) electrons. The minimum atomic E-state index is -0.358. The van der Waals surface area contributed by atoms with Gasteiger partial charge in [-0.2, -0.15) is 0 Å². The molecular formula is C28H29F2N3O. The molecule has 2 unspecified atom stereocenters. The van der Waals surface area contributed by atoms with Crippen molar-refractivity contribution in [3.05, 3.63) is 102 Å². The van der Waals surface area contributed by atoms with Crippen molar-refractivity contribution in [2.75, 3.05) is 50.7 Å². The number of hydrogen-bond acceptors (Lipinski definition) is 3. The van der Waals surface area contributed by atoms with Crippen LogP contribution in [0.1, 0.15) is 21.8 Å². The molecule has 2 saturated heterocycles. The molecule has 3 aromatic carbocycles. The normalized spacial score (nSPS) is 21.1. The fourth-order valence-corrected chi connectivity index (χ4v) is 5.27. The molecule has 3 aromatic rings. The van der Waals surface area contributed by atoms with Gasteiger partial charge in [-0.1, -0.05) is 30.3 Å². The van der Waals surface area contributed by atoms with Gasteiger partial charge in [-0.15, -0.1) is 0 Å². The number of carbonyl (C=O) groups excluding carboxylic acids is 1. The van der Waals surface area contributed by atoms with Crippen LogP contribution in [0.4, 0.5) is 14.5 Å². The topological polar surface area (TPSA) is 26.8 Å². The van der Waals surface area contributed by atoms with Gasteiger partial charge in [0.15, 0.2) is 0 Å². The molecular weight excluding hydrogens is 432 g/mol. The molecule has 2 fully saturated rings. The Morgan fingerprint density at radius 2 is 1.53 bits per heavy atom. The monoisotopic (exact) mass is 461 g/mol. The van der Waals surface area contributed by atoms with E-state index in [2.05, 4.69) is 34.1 Å². The van der Waals surface area contributed by atoms with E-state index in [9.17, 15) is 13.6 Å². The molecule has 0 aliphatic carbocycles. The number of amides is 1. The highest BCUT2D eigenvalue weighted by Gasteiger charge is 2.38. The van der Waals surface area contributed by atoms with Crippen LogP contribution in [0.15, 0.2) is 78.9 Å². The molecule has 5 rings (SSSR count). The fraction of sp³-hybridized carbons (Fsp3) is 0.321. The van der Waals surface area contributed by atoms with Crippen molar-refractivity contribution >= 4 is 11.6 Å². The zero-order valence-electron chi connectivity index (χ0n) is 19.1. The molecule has 2 atom stereocenters. The Balaban J connectivity index is 1.29. The van der Waals surface area contributed by atoms with Crippen molar-refractivity contribution in [1.82, 2.24) is 9.80 Å². The Labute approximate surface area is 199 Å². The van der Waals surface area contributed by atoms with E-state index in [4.69, 9.17) is 0 Å². The lowest BCUT2D eigenvalue weighted by Crippen LogP contribution is -2.48. The Hall–Kier alpha value is -3.25. The Bertz CT molecular complexity index is 1110. The predicted octanol–water partition coefficient (Wildman–Crippen LogP) is 4.64. The number of para-hydroxylation sites is 1. The number of halogens is 2. The van der Waals surface area contributed by atoms with Crippen molar-refractivity contribution in [2.45, 2.75) is 5.92 Å². The van der Waals surface area contributed by atoms with E-state index in [1.807, 2.05) is 17.0 Å². The summed E-state index contributed by atoms with van der Waals surface area (Å²) in [6.07, 6.45) is 0. The first-order valence-electron chi connectivity index (χ1n) is 11.9. The van der Waals surface area contributed by atoms with E-state index in [1.165, 1.54) is 36.0 Å². The fourth-order valence-electron chi connectivity index (χ4n) is 5.27. The third-order valence-corrected chi connectivity index (χ3v) is 7.08. The van der Waals surface area contributed by atoms with Gasteiger partial charge >= 0.3 is 0 Å². The quantitative estimate of drug-likeness (QED) is 0.554. The average Bonchev–Trinajstić information content (AvgIpc) is 3.29. The zero-order valence-corrected chi connectivity index (χ0v) is 19.1. The maximum Gasteiger partial charge on any atom is 0.253 e. The first-order valence-corrected chi connectivity index (χ1v) is 11.9. The second-order valence-corrected chi connectivity index (χ2v) is 9.26. The van der Waals surface area contributed by atoms with E-state index < -0.39 is 0 Å². The number of rotatable bonds is 5. The van der Waals surface area contributed by atoms with Crippen LogP contribution in [-0.4, -0.2) is 61.5 Å². The number of anilines is 1.